The highest BCUT2D eigenvalue weighted by molar-refractivity contribution is 7.19. The highest BCUT2D eigenvalue weighted by Gasteiger charge is 2.16. The SMILES string of the molecule is Cc1nn(C)cc1-c1nn2c(Cc3ccccc3Cl)nnc2s1. The maximum atomic E-state index is 6.23. The summed E-state index contributed by atoms with van der Waals surface area (Å²) in [6.45, 7) is 1.97. The summed E-state index contributed by atoms with van der Waals surface area (Å²) in [6, 6.07) is 7.74. The van der Waals surface area contributed by atoms with Gasteiger partial charge in [-0.05, 0) is 18.6 Å². The summed E-state index contributed by atoms with van der Waals surface area (Å²) < 4.78 is 3.58. The van der Waals surface area contributed by atoms with Crippen LogP contribution in [0, 0.1) is 6.92 Å². The summed E-state index contributed by atoms with van der Waals surface area (Å²) in [4.78, 5) is 0.769. The fraction of sp³-hybridized carbons (Fsp3) is 0.200. The monoisotopic (exact) mass is 344 g/mol. The van der Waals surface area contributed by atoms with Gasteiger partial charge in [0.05, 0.1) is 11.3 Å². The Hall–Kier alpha value is -2.25. The first-order chi connectivity index (χ1) is 11.1. The number of halogens is 1. The lowest BCUT2D eigenvalue weighted by Gasteiger charge is -2.00. The minimum atomic E-state index is 0.593. The third-order valence-electron chi connectivity index (χ3n) is 3.61. The molecule has 0 aliphatic carbocycles. The van der Waals surface area contributed by atoms with Crippen molar-refractivity contribution >= 4 is 27.9 Å². The van der Waals surface area contributed by atoms with Crippen LogP contribution in [0.15, 0.2) is 30.5 Å². The van der Waals surface area contributed by atoms with Crippen molar-refractivity contribution in [2.45, 2.75) is 13.3 Å². The molecule has 0 fully saturated rings. The summed E-state index contributed by atoms with van der Waals surface area (Å²) in [7, 11) is 1.90. The Kier molecular flexibility index (Phi) is 3.39. The molecule has 1 aromatic carbocycles. The normalized spacial score (nSPS) is 11.4. The van der Waals surface area contributed by atoms with E-state index in [1.807, 2.05) is 44.4 Å². The molecule has 0 aliphatic rings. The third-order valence-corrected chi connectivity index (χ3v) is 4.91. The average Bonchev–Trinajstić information content (AvgIpc) is 3.17. The number of fused-ring (bicyclic) bond motifs is 1. The Balaban J connectivity index is 1.75. The van der Waals surface area contributed by atoms with Crippen LogP contribution in [0.1, 0.15) is 17.1 Å². The lowest BCUT2D eigenvalue weighted by Crippen LogP contribution is -1.98. The summed E-state index contributed by atoms with van der Waals surface area (Å²) in [6.07, 6.45) is 2.56. The first-order valence-electron chi connectivity index (χ1n) is 7.07. The quantitative estimate of drug-likeness (QED) is 0.573. The van der Waals surface area contributed by atoms with E-state index in [1.165, 1.54) is 11.3 Å². The standard InChI is InChI=1S/C15H13ClN6S/c1-9-11(8-21(2)19-9)14-20-22-13(17-18-15(22)23-14)7-10-5-3-4-6-12(10)16/h3-6,8H,7H2,1-2H3. The van der Waals surface area contributed by atoms with Gasteiger partial charge in [-0.1, -0.05) is 41.1 Å². The zero-order valence-electron chi connectivity index (χ0n) is 12.6. The van der Waals surface area contributed by atoms with Crippen molar-refractivity contribution in [3.05, 3.63) is 52.6 Å². The Morgan fingerprint density at radius 2 is 2.00 bits per heavy atom. The summed E-state index contributed by atoms with van der Waals surface area (Å²) in [5.74, 6) is 0.775. The second kappa shape index (κ2) is 5.43. The zero-order valence-corrected chi connectivity index (χ0v) is 14.1. The molecule has 0 amide bonds. The van der Waals surface area contributed by atoms with Crippen LogP contribution in [0.4, 0.5) is 0 Å². The molecular formula is C15H13ClN6S. The molecule has 0 aliphatic heterocycles. The van der Waals surface area contributed by atoms with Crippen molar-refractivity contribution in [3.63, 3.8) is 0 Å². The number of hydrogen-bond donors (Lipinski definition) is 0. The second-order valence-corrected chi connectivity index (χ2v) is 6.65. The van der Waals surface area contributed by atoms with E-state index in [0.29, 0.717) is 6.42 Å². The summed E-state index contributed by atoms with van der Waals surface area (Å²) in [5.41, 5.74) is 2.98. The molecule has 8 heteroatoms. The van der Waals surface area contributed by atoms with Crippen LogP contribution in [-0.2, 0) is 13.5 Å². The van der Waals surface area contributed by atoms with Crippen LogP contribution >= 0.6 is 22.9 Å². The third kappa shape index (κ3) is 2.51. The lowest BCUT2D eigenvalue weighted by molar-refractivity contribution is 0.756. The van der Waals surface area contributed by atoms with Gasteiger partial charge in [-0.3, -0.25) is 4.68 Å². The number of rotatable bonds is 3. The maximum absolute atomic E-state index is 6.23. The van der Waals surface area contributed by atoms with Crippen molar-refractivity contribution < 1.29 is 0 Å². The molecule has 116 valence electrons. The largest absolute Gasteiger partial charge is 0.275 e. The van der Waals surface area contributed by atoms with Gasteiger partial charge in [-0.15, -0.1) is 10.2 Å². The fourth-order valence-corrected chi connectivity index (χ4v) is 3.62. The van der Waals surface area contributed by atoms with E-state index >= 15 is 0 Å². The van der Waals surface area contributed by atoms with Crippen LogP contribution in [0.2, 0.25) is 5.02 Å². The minimum Gasteiger partial charge on any atom is -0.275 e. The first kappa shape index (κ1) is 14.3. The molecule has 0 bridgehead atoms. The van der Waals surface area contributed by atoms with Crippen LogP contribution in [0.25, 0.3) is 15.5 Å². The molecule has 4 aromatic rings. The Morgan fingerprint density at radius 1 is 1.17 bits per heavy atom. The molecule has 3 heterocycles. The van der Waals surface area contributed by atoms with Crippen LogP contribution < -0.4 is 0 Å². The number of aromatic nitrogens is 6. The minimum absolute atomic E-state index is 0.593. The molecule has 0 atom stereocenters. The second-order valence-electron chi connectivity index (χ2n) is 5.29. The predicted molar refractivity (Wildman–Crippen MR) is 89.9 cm³/mol. The summed E-state index contributed by atoms with van der Waals surface area (Å²) >= 11 is 7.74. The van der Waals surface area contributed by atoms with Gasteiger partial charge in [-0.2, -0.15) is 14.7 Å². The van der Waals surface area contributed by atoms with Crippen LogP contribution in [0.5, 0.6) is 0 Å². The Morgan fingerprint density at radius 3 is 2.74 bits per heavy atom. The van der Waals surface area contributed by atoms with E-state index in [-0.39, 0.29) is 0 Å². The van der Waals surface area contributed by atoms with E-state index in [1.54, 1.807) is 9.20 Å². The smallest absolute Gasteiger partial charge is 0.234 e. The van der Waals surface area contributed by atoms with E-state index < -0.39 is 0 Å². The highest BCUT2D eigenvalue weighted by Crippen LogP contribution is 2.28. The lowest BCUT2D eigenvalue weighted by atomic mass is 10.1. The Labute approximate surface area is 141 Å². The molecule has 6 nitrogen and oxygen atoms in total. The summed E-state index contributed by atoms with van der Waals surface area (Å²) in [5, 5.41) is 19.1. The average molecular weight is 345 g/mol. The number of benzene rings is 1. The van der Waals surface area contributed by atoms with Gasteiger partial charge >= 0.3 is 0 Å². The molecule has 0 unspecified atom stereocenters. The van der Waals surface area contributed by atoms with E-state index in [2.05, 4.69) is 20.4 Å². The van der Waals surface area contributed by atoms with Gasteiger partial charge in [0, 0.05) is 24.7 Å². The molecule has 3 aromatic heterocycles. The topological polar surface area (TPSA) is 60.9 Å². The molecule has 0 saturated heterocycles. The van der Waals surface area contributed by atoms with Crippen LogP contribution in [-0.4, -0.2) is 29.6 Å². The van der Waals surface area contributed by atoms with Gasteiger partial charge in [0.2, 0.25) is 4.96 Å². The number of nitrogens with zero attached hydrogens (tertiary/aromatic N) is 6. The van der Waals surface area contributed by atoms with Gasteiger partial charge < -0.3 is 0 Å². The van der Waals surface area contributed by atoms with E-state index in [0.717, 1.165) is 37.6 Å². The van der Waals surface area contributed by atoms with Gasteiger partial charge in [0.1, 0.15) is 0 Å². The van der Waals surface area contributed by atoms with Gasteiger partial charge in [-0.25, -0.2) is 0 Å². The van der Waals surface area contributed by atoms with E-state index in [9.17, 15) is 0 Å². The predicted octanol–water partition coefficient (Wildman–Crippen LogP) is 3.14. The van der Waals surface area contributed by atoms with Crippen molar-refractivity contribution in [1.29, 1.82) is 0 Å². The highest BCUT2D eigenvalue weighted by atomic mass is 35.5. The molecule has 0 radical (unpaired) electrons. The number of aryl methyl sites for hydroxylation is 2. The molecule has 0 saturated carbocycles. The molecular weight excluding hydrogens is 332 g/mol. The first-order valence-corrected chi connectivity index (χ1v) is 8.26. The molecule has 0 N–H and O–H groups in total. The molecule has 4 rings (SSSR count). The van der Waals surface area contributed by atoms with Crippen LogP contribution in [0.3, 0.4) is 0 Å². The van der Waals surface area contributed by atoms with Crippen molar-refractivity contribution in [3.8, 4) is 10.6 Å². The molecule has 0 spiro atoms. The van der Waals surface area contributed by atoms with Crippen molar-refractivity contribution in [2.24, 2.45) is 7.05 Å². The zero-order chi connectivity index (χ0) is 16.0. The van der Waals surface area contributed by atoms with Gasteiger partial charge in [0.25, 0.3) is 0 Å². The fourth-order valence-electron chi connectivity index (χ4n) is 2.50. The molecule has 23 heavy (non-hydrogen) atoms. The van der Waals surface area contributed by atoms with Crippen molar-refractivity contribution in [1.82, 2.24) is 29.6 Å². The van der Waals surface area contributed by atoms with Crippen molar-refractivity contribution in [2.75, 3.05) is 0 Å². The van der Waals surface area contributed by atoms with E-state index in [4.69, 9.17) is 11.6 Å². The van der Waals surface area contributed by atoms with Gasteiger partial charge in [0.15, 0.2) is 10.8 Å². The maximum Gasteiger partial charge on any atom is 0.234 e. The Bertz CT molecular complexity index is 999. The number of hydrogen-bond acceptors (Lipinski definition) is 5.